The van der Waals surface area contributed by atoms with Gasteiger partial charge in [-0.05, 0) is 26.2 Å². The molecule has 4 nitrogen and oxygen atoms in total. The van der Waals surface area contributed by atoms with Gasteiger partial charge in [-0.3, -0.25) is 9.88 Å². The number of imidazole rings is 1. The van der Waals surface area contributed by atoms with E-state index in [1.54, 1.807) is 0 Å². The SMILES string of the molecule is CN(C)C1(c2ccccn2)C=CC=C1c1nccn1C. The van der Waals surface area contributed by atoms with Crippen LogP contribution in [0.3, 0.4) is 0 Å². The van der Waals surface area contributed by atoms with Gasteiger partial charge in [0.05, 0.1) is 5.69 Å². The second kappa shape index (κ2) is 4.72. The molecule has 0 N–H and O–H groups in total. The minimum absolute atomic E-state index is 0.361. The summed E-state index contributed by atoms with van der Waals surface area (Å²) < 4.78 is 2.04. The molecule has 2 aromatic heterocycles. The largest absolute Gasteiger partial charge is 0.334 e. The molecule has 102 valence electrons. The predicted molar refractivity (Wildman–Crippen MR) is 79.9 cm³/mol. The van der Waals surface area contributed by atoms with Crippen LogP contribution in [0.5, 0.6) is 0 Å². The van der Waals surface area contributed by atoms with Crippen molar-refractivity contribution >= 4 is 5.57 Å². The summed E-state index contributed by atoms with van der Waals surface area (Å²) in [6, 6.07) is 6.03. The van der Waals surface area contributed by atoms with Gasteiger partial charge >= 0.3 is 0 Å². The molecule has 1 unspecified atom stereocenters. The van der Waals surface area contributed by atoms with E-state index in [1.165, 1.54) is 0 Å². The third-order valence-corrected chi connectivity index (χ3v) is 3.83. The molecule has 2 heterocycles. The van der Waals surface area contributed by atoms with Crippen molar-refractivity contribution in [1.82, 2.24) is 19.4 Å². The van der Waals surface area contributed by atoms with Gasteiger partial charge in [-0.2, -0.15) is 0 Å². The maximum Gasteiger partial charge on any atom is 0.138 e. The molecule has 0 aromatic carbocycles. The van der Waals surface area contributed by atoms with Crippen LogP contribution in [0.15, 0.2) is 55.0 Å². The van der Waals surface area contributed by atoms with Gasteiger partial charge in [-0.15, -0.1) is 0 Å². The zero-order valence-electron chi connectivity index (χ0n) is 12.0. The summed E-state index contributed by atoms with van der Waals surface area (Å²) >= 11 is 0. The maximum absolute atomic E-state index is 4.57. The van der Waals surface area contributed by atoms with E-state index in [2.05, 4.69) is 53.3 Å². The van der Waals surface area contributed by atoms with Crippen molar-refractivity contribution < 1.29 is 0 Å². The fourth-order valence-electron chi connectivity index (χ4n) is 2.80. The van der Waals surface area contributed by atoms with Crippen LogP contribution in [-0.4, -0.2) is 33.5 Å². The Kier molecular flexibility index (Phi) is 3.03. The van der Waals surface area contributed by atoms with Crippen LogP contribution in [0.25, 0.3) is 5.57 Å². The number of hydrogen-bond donors (Lipinski definition) is 0. The lowest BCUT2D eigenvalue weighted by atomic mass is 9.86. The van der Waals surface area contributed by atoms with E-state index in [0.717, 1.165) is 17.1 Å². The molecule has 0 radical (unpaired) electrons. The van der Waals surface area contributed by atoms with Gasteiger partial charge in [-0.25, -0.2) is 4.98 Å². The lowest BCUT2D eigenvalue weighted by molar-refractivity contribution is 0.273. The highest BCUT2D eigenvalue weighted by Crippen LogP contribution is 2.43. The van der Waals surface area contributed by atoms with Crippen LogP contribution in [0.1, 0.15) is 11.5 Å². The molecule has 0 fully saturated rings. The van der Waals surface area contributed by atoms with Gasteiger partial charge in [0.15, 0.2) is 0 Å². The Morgan fingerprint density at radius 3 is 2.60 bits per heavy atom. The van der Waals surface area contributed by atoms with Crippen LogP contribution in [0, 0.1) is 0 Å². The molecule has 1 aliphatic rings. The topological polar surface area (TPSA) is 34.0 Å². The molecule has 20 heavy (non-hydrogen) atoms. The number of allylic oxidation sites excluding steroid dienone is 2. The highest BCUT2D eigenvalue weighted by atomic mass is 15.2. The molecule has 0 spiro atoms. The monoisotopic (exact) mass is 266 g/mol. The Labute approximate surface area is 119 Å². The van der Waals surface area contributed by atoms with Crippen molar-refractivity contribution in [2.24, 2.45) is 7.05 Å². The van der Waals surface area contributed by atoms with Gasteiger partial charge in [0.2, 0.25) is 0 Å². The molecule has 2 aromatic rings. The minimum atomic E-state index is -0.361. The fraction of sp³-hybridized carbons (Fsp3) is 0.250. The van der Waals surface area contributed by atoms with E-state index in [-0.39, 0.29) is 5.54 Å². The van der Waals surface area contributed by atoms with Crippen LogP contribution >= 0.6 is 0 Å². The summed E-state index contributed by atoms with van der Waals surface area (Å²) in [7, 11) is 6.16. The first-order valence-corrected chi connectivity index (χ1v) is 6.63. The molecule has 0 amide bonds. The van der Waals surface area contributed by atoms with Crippen molar-refractivity contribution in [2.75, 3.05) is 14.1 Å². The van der Waals surface area contributed by atoms with E-state index in [9.17, 15) is 0 Å². The van der Waals surface area contributed by atoms with Gasteiger partial charge in [0, 0.05) is 31.2 Å². The summed E-state index contributed by atoms with van der Waals surface area (Å²) in [6.07, 6.45) is 12.0. The Morgan fingerprint density at radius 1 is 1.15 bits per heavy atom. The van der Waals surface area contributed by atoms with E-state index in [4.69, 9.17) is 0 Å². The lowest BCUT2D eigenvalue weighted by Crippen LogP contribution is -2.41. The molecule has 1 atom stereocenters. The Morgan fingerprint density at radius 2 is 2.00 bits per heavy atom. The molecular weight excluding hydrogens is 248 g/mol. The van der Waals surface area contributed by atoms with Crippen LogP contribution in [0.2, 0.25) is 0 Å². The first kappa shape index (κ1) is 12.8. The number of hydrogen-bond acceptors (Lipinski definition) is 3. The summed E-state index contributed by atoms with van der Waals surface area (Å²) in [5.74, 6) is 0.967. The molecular formula is C16H18N4. The number of aryl methyl sites for hydroxylation is 1. The second-order valence-corrected chi connectivity index (χ2v) is 5.18. The molecule has 4 heteroatoms. The third-order valence-electron chi connectivity index (χ3n) is 3.83. The molecule has 0 aliphatic heterocycles. The quantitative estimate of drug-likeness (QED) is 0.854. The maximum atomic E-state index is 4.57. The number of nitrogens with zero attached hydrogens (tertiary/aromatic N) is 4. The smallest absolute Gasteiger partial charge is 0.138 e. The molecule has 0 saturated carbocycles. The summed E-state index contributed by atoms with van der Waals surface area (Å²) in [5.41, 5.74) is 1.79. The van der Waals surface area contributed by atoms with Crippen LogP contribution in [0.4, 0.5) is 0 Å². The molecule has 0 bridgehead atoms. The van der Waals surface area contributed by atoms with Crippen molar-refractivity contribution in [3.05, 3.63) is 66.5 Å². The highest BCUT2D eigenvalue weighted by molar-refractivity contribution is 5.77. The van der Waals surface area contributed by atoms with Gasteiger partial charge < -0.3 is 4.57 Å². The van der Waals surface area contributed by atoms with Crippen molar-refractivity contribution in [3.63, 3.8) is 0 Å². The number of likely N-dealkylation sites (N-methyl/N-ethyl adjacent to an activating group) is 1. The van der Waals surface area contributed by atoms with Crippen LogP contribution in [-0.2, 0) is 12.6 Å². The van der Waals surface area contributed by atoms with Crippen molar-refractivity contribution in [1.29, 1.82) is 0 Å². The van der Waals surface area contributed by atoms with Crippen molar-refractivity contribution in [3.8, 4) is 0 Å². The van der Waals surface area contributed by atoms with Crippen molar-refractivity contribution in [2.45, 2.75) is 5.54 Å². The number of pyridine rings is 1. The number of rotatable bonds is 3. The Bertz CT molecular complexity index is 667. The van der Waals surface area contributed by atoms with Crippen LogP contribution < -0.4 is 0 Å². The molecule has 3 rings (SSSR count). The molecule has 1 aliphatic carbocycles. The molecule has 0 saturated heterocycles. The average molecular weight is 266 g/mol. The Balaban J connectivity index is 2.19. The zero-order valence-corrected chi connectivity index (χ0v) is 12.0. The third kappa shape index (κ3) is 1.72. The minimum Gasteiger partial charge on any atom is -0.334 e. The van der Waals surface area contributed by atoms with E-state index >= 15 is 0 Å². The standard InChI is InChI=1S/C16H18N4/c1-19(2)16(14-8-4-5-10-17-14)9-6-7-13(16)15-18-11-12-20(15)3/h4-12H,1-3H3. The second-order valence-electron chi connectivity index (χ2n) is 5.18. The van der Waals surface area contributed by atoms with Gasteiger partial charge in [0.25, 0.3) is 0 Å². The van der Waals surface area contributed by atoms with E-state index < -0.39 is 0 Å². The van der Waals surface area contributed by atoms with Gasteiger partial charge in [-0.1, -0.05) is 24.3 Å². The zero-order chi connectivity index (χ0) is 14.2. The number of aromatic nitrogens is 3. The van der Waals surface area contributed by atoms with E-state index in [0.29, 0.717) is 0 Å². The van der Waals surface area contributed by atoms with Gasteiger partial charge in [0.1, 0.15) is 11.4 Å². The predicted octanol–water partition coefficient (Wildman–Crippen LogP) is 2.23. The van der Waals surface area contributed by atoms with E-state index in [1.807, 2.05) is 42.3 Å². The average Bonchev–Trinajstić information content (AvgIpc) is 3.05. The normalized spacial score (nSPS) is 21.5. The fourth-order valence-corrected chi connectivity index (χ4v) is 2.80. The summed E-state index contributed by atoms with van der Waals surface area (Å²) in [4.78, 5) is 11.3. The Hall–Kier alpha value is -2.20. The summed E-state index contributed by atoms with van der Waals surface area (Å²) in [5, 5.41) is 0. The summed E-state index contributed by atoms with van der Waals surface area (Å²) in [6.45, 7) is 0. The first-order chi connectivity index (χ1) is 9.66. The highest BCUT2D eigenvalue weighted by Gasteiger charge is 2.41. The lowest BCUT2D eigenvalue weighted by Gasteiger charge is -2.36. The first-order valence-electron chi connectivity index (χ1n) is 6.63.